The minimum absolute atomic E-state index is 0.145. The van der Waals surface area contributed by atoms with Gasteiger partial charge in [0.2, 0.25) is 0 Å². The lowest BCUT2D eigenvalue weighted by Crippen LogP contribution is -2.27. The van der Waals surface area contributed by atoms with Crippen LogP contribution in [-0.4, -0.2) is 64.0 Å². The van der Waals surface area contributed by atoms with E-state index >= 15 is 0 Å². The van der Waals surface area contributed by atoms with Crippen molar-refractivity contribution >= 4 is 36.2 Å². The number of amides is 1. The minimum Gasteiger partial charge on any atom is -0.493 e. The van der Waals surface area contributed by atoms with E-state index in [1.807, 2.05) is 18.4 Å². The van der Waals surface area contributed by atoms with E-state index in [1.54, 1.807) is 47.4 Å². The molecular formula is C27H35N5O4SSi. The maximum atomic E-state index is 13.4. The van der Waals surface area contributed by atoms with E-state index in [9.17, 15) is 9.90 Å². The zero-order valence-corrected chi connectivity index (χ0v) is 24.4. The fraction of sp³-hybridized carbons (Fsp3) is 0.407. The number of aliphatic hydroxyl groups is 1. The van der Waals surface area contributed by atoms with Gasteiger partial charge in [0, 0.05) is 62.6 Å². The van der Waals surface area contributed by atoms with Crippen LogP contribution >= 0.6 is 11.3 Å². The first-order valence-electron chi connectivity index (χ1n) is 12.6. The zero-order valence-electron chi connectivity index (χ0n) is 22.6. The molecule has 0 aliphatic carbocycles. The summed E-state index contributed by atoms with van der Waals surface area (Å²) in [6.07, 6.45) is 5.16. The molecule has 1 amide bonds. The van der Waals surface area contributed by atoms with Crippen molar-refractivity contribution in [2.45, 2.75) is 52.5 Å². The first-order chi connectivity index (χ1) is 18.2. The van der Waals surface area contributed by atoms with Gasteiger partial charge in [-0.05, 0) is 31.2 Å². The Morgan fingerprint density at radius 2 is 2.03 bits per heavy atom. The highest BCUT2D eigenvalue weighted by Gasteiger charge is 2.20. The van der Waals surface area contributed by atoms with Crippen LogP contribution < -0.4 is 4.74 Å². The molecule has 1 aromatic carbocycles. The van der Waals surface area contributed by atoms with Crippen LogP contribution in [0.3, 0.4) is 0 Å². The number of carbonyl (C=O) groups is 1. The van der Waals surface area contributed by atoms with Crippen molar-refractivity contribution in [3.63, 3.8) is 0 Å². The van der Waals surface area contributed by atoms with E-state index in [0.29, 0.717) is 43.5 Å². The fourth-order valence-corrected chi connectivity index (χ4v) is 5.53. The number of fused-ring (bicyclic) bond motifs is 1. The van der Waals surface area contributed by atoms with Crippen molar-refractivity contribution in [1.82, 2.24) is 24.6 Å². The average molecular weight is 554 g/mol. The Balaban J connectivity index is 1.57. The summed E-state index contributed by atoms with van der Waals surface area (Å²) in [6.45, 7) is 10.4. The highest BCUT2D eigenvalue weighted by Crippen LogP contribution is 2.33. The van der Waals surface area contributed by atoms with Gasteiger partial charge in [0.15, 0.2) is 0 Å². The number of ether oxygens (including phenoxy) is 2. The van der Waals surface area contributed by atoms with Gasteiger partial charge in [0.1, 0.15) is 17.5 Å². The molecule has 0 bridgehead atoms. The molecule has 3 heterocycles. The second-order valence-corrected chi connectivity index (χ2v) is 16.8. The topological polar surface area (TPSA) is 103 Å². The van der Waals surface area contributed by atoms with E-state index in [1.165, 1.54) is 11.3 Å². The van der Waals surface area contributed by atoms with Gasteiger partial charge < -0.3 is 19.5 Å². The molecule has 0 aliphatic heterocycles. The molecule has 1 N–H and O–H groups in total. The molecule has 0 fully saturated rings. The minimum atomic E-state index is -1.21. The highest BCUT2D eigenvalue weighted by molar-refractivity contribution is 7.13. The summed E-state index contributed by atoms with van der Waals surface area (Å²) in [4.78, 5) is 23.9. The third-order valence-corrected chi connectivity index (χ3v) is 8.65. The van der Waals surface area contributed by atoms with Crippen LogP contribution in [0.2, 0.25) is 25.7 Å². The predicted octanol–water partition coefficient (Wildman–Crippen LogP) is 5.03. The standard InChI is InChI=1S/C27H35N5O4SSi/c1-6-36-24-13-19(7-8-21(24)26-28-9-11-37-26)27(34)31(2)16-20-14-29-23(17-33)22-15-30-32(25(20)22)18-35-10-12-38(3,4)5/h7-9,11,13-15,33H,6,10,12,16-18H2,1-5H3. The van der Waals surface area contributed by atoms with Gasteiger partial charge in [-0.1, -0.05) is 19.6 Å². The van der Waals surface area contributed by atoms with Crippen LogP contribution in [0.1, 0.15) is 28.5 Å². The smallest absolute Gasteiger partial charge is 0.254 e. The Morgan fingerprint density at radius 3 is 2.71 bits per heavy atom. The Hall–Kier alpha value is -3.12. The number of pyridine rings is 1. The number of carbonyl (C=O) groups excluding carboxylic acids is 1. The van der Waals surface area contributed by atoms with Crippen molar-refractivity contribution in [3.8, 4) is 16.3 Å². The number of rotatable bonds is 12. The average Bonchev–Trinajstić information content (AvgIpc) is 3.57. The first-order valence-corrected chi connectivity index (χ1v) is 17.2. The van der Waals surface area contributed by atoms with E-state index in [4.69, 9.17) is 9.47 Å². The van der Waals surface area contributed by atoms with Crippen molar-refractivity contribution in [2.75, 3.05) is 20.3 Å². The van der Waals surface area contributed by atoms with Crippen LogP contribution in [0.4, 0.5) is 0 Å². The summed E-state index contributed by atoms with van der Waals surface area (Å²) in [5.74, 6) is 0.486. The summed E-state index contributed by atoms with van der Waals surface area (Å²) in [5, 5.41) is 17.8. The summed E-state index contributed by atoms with van der Waals surface area (Å²) in [7, 11) is 0.550. The Bertz CT molecular complexity index is 1380. The molecule has 4 rings (SSSR count). The van der Waals surface area contributed by atoms with Crippen LogP contribution in [0.25, 0.3) is 21.5 Å². The quantitative estimate of drug-likeness (QED) is 0.194. The van der Waals surface area contributed by atoms with Crippen LogP contribution in [0, 0.1) is 0 Å². The second kappa shape index (κ2) is 12.2. The van der Waals surface area contributed by atoms with Crippen LogP contribution in [0.5, 0.6) is 5.75 Å². The first kappa shape index (κ1) is 27.9. The lowest BCUT2D eigenvalue weighted by atomic mass is 10.1. The summed E-state index contributed by atoms with van der Waals surface area (Å²) < 4.78 is 13.6. The lowest BCUT2D eigenvalue weighted by molar-refractivity contribution is 0.0781. The summed E-state index contributed by atoms with van der Waals surface area (Å²) in [5.41, 5.74) is 3.57. The van der Waals surface area contributed by atoms with Gasteiger partial charge in [-0.15, -0.1) is 11.3 Å². The molecule has 3 aromatic heterocycles. The molecule has 0 saturated heterocycles. The van der Waals surface area contributed by atoms with E-state index in [0.717, 1.165) is 33.1 Å². The van der Waals surface area contributed by atoms with Gasteiger partial charge in [-0.2, -0.15) is 5.10 Å². The number of hydrogen-bond acceptors (Lipinski definition) is 8. The molecule has 0 atom stereocenters. The van der Waals surface area contributed by atoms with Crippen molar-refractivity contribution < 1.29 is 19.4 Å². The van der Waals surface area contributed by atoms with Crippen molar-refractivity contribution in [1.29, 1.82) is 0 Å². The number of nitrogens with zero attached hydrogens (tertiary/aromatic N) is 5. The largest absolute Gasteiger partial charge is 0.493 e. The second-order valence-electron chi connectivity index (χ2n) is 10.3. The number of thiazole rings is 1. The predicted molar refractivity (Wildman–Crippen MR) is 152 cm³/mol. The third-order valence-electron chi connectivity index (χ3n) is 6.14. The zero-order chi connectivity index (χ0) is 27.3. The molecule has 9 nitrogen and oxygen atoms in total. The Morgan fingerprint density at radius 1 is 1.21 bits per heavy atom. The Kier molecular flexibility index (Phi) is 8.93. The fourth-order valence-electron chi connectivity index (χ4n) is 4.10. The highest BCUT2D eigenvalue weighted by atomic mass is 32.1. The van der Waals surface area contributed by atoms with Gasteiger partial charge in [-0.3, -0.25) is 9.78 Å². The summed E-state index contributed by atoms with van der Waals surface area (Å²) in [6, 6.07) is 6.52. The molecule has 202 valence electrons. The third kappa shape index (κ3) is 6.47. The lowest BCUT2D eigenvalue weighted by Gasteiger charge is -2.20. The van der Waals surface area contributed by atoms with E-state index < -0.39 is 8.07 Å². The number of hydrogen-bond donors (Lipinski definition) is 1. The molecule has 0 radical (unpaired) electrons. The molecule has 0 saturated carbocycles. The molecular weight excluding hydrogens is 518 g/mol. The van der Waals surface area contributed by atoms with Gasteiger partial charge in [-0.25, -0.2) is 9.67 Å². The molecule has 0 unspecified atom stereocenters. The normalized spacial score (nSPS) is 11.7. The van der Waals surface area contributed by atoms with Gasteiger partial charge >= 0.3 is 0 Å². The Labute approximate surface area is 228 Å². The molecule has 4 aromatic rings. The van der Waals surface area contributed by atoms with Crippen molar-refractivity contribution in [3.05, 3.63) is 59.0 Å². The monoisotopic (exact) mass is 553 g/mol. The maximum Gasteiger partial charge on any atom is 0.254 e. The van der Waals surface area contributed by atoms with E-state index in [-0.39, 0.29) is 12.5 Å². The van der Waals surface area contributed by atoms with Gasteiger partial charge in [0.25, 0.3) is 5.91 Å². The van der Waals surface area contributed by atoms with E-state index in [2.05, 4.69) is 34.7 Å². The van der Waals surface area contributed by atoms with Crippen molar-refractivity contribution in [2.24, 2.45) is 0 Å². The molecule has 11 heteroatoms. The molecule has 0 aliphatic rings. The number of aliphatic hydroxyl groups excluding tert-OH is 1. The van der Waals surface area contributed by atoms with Crippen LogP contribution in [-0.2, 0) is 24.6 Å². The maximum absolute atomic E-state index is 13.4. The van der Waals surface area contributed by atoms with Crippen LogP contribution in [0.15, 0.2) is 42.2 Å². The molecule has 0 spiro atoms. The molecule has 38 heavy (non-hydrogen) atoms. The number of benzene rings is 1. The summed E-state index contributed by atoms with van der Waals surface area (Å²) >= 11 is 1.52. The number of aromatic nitrogens is 4. The SMILES string of the molecule is CCOc1cc(C(=O)N(C)Cc2cnc(CO)c3cnn(COCC[Si](C)(C)C)c23)ccc1-c1nccs1. The van der Waals surface area contributed by atoms with Gasteiger partial charge in [0.05, 0.1) is 36.2 Å².